The SMILES string of the molecule is CC(C)NC(=O)c1ccc(NCC(=O)Nc2ccc(Br)cc2)cc1. The Hall–Kier alpha value is -2.34. The van der Waals surface area contributed by atoms with E-state index in [0.717, 1.165) is 15.8 Å². The van der Waals surface area contributed by atoms with Gasteiger partial charge in [0.05, 0.1) is 6.54 Å². The molecule has 0 bridgehead atoms. The summed E-state index contributed by atoms with van der Waals surface area (Å²) in [5, 5.41) is 8.67. The monoisotopic (exact) mass is 389 g/mol. The highest BCUT2D eigenvalue weighted by atomic mass is 79.9. The molecule has 0 atom stereocenters. The summed E-state index contributed by atoms with van der Waals surface area (Å²) in [6.45, 7) is 3.98. The second kappa shape index (κ2) is 8.49. The highest BCUT2D eigenvalue weighted by molar-refractivity contribution is 9.10. The maximum Gasteiger partial charge on any atom is 0.251 e. The van der Waals surface area contributed by atoms with Crippen LogP contribution in [0.1, 0.15) is 24.2 Å². The first kappa shape index (κ1) is 18.0. The molecule has 126 valence electrons. The zero-order valence-corrected chi connectivity index (χ0v) is 15.2. The number of benzene rings is 2. The predicted octanol–water partition coefficient (Wildman–Crippen LogP) is 3.64. The fourth-order valence-electron chi connectivity index (χ4n) is 2.01. The maximum absolute atomic E-state index is 11.9. The van der Waals surface area contributed by atoms with Crippen molar-refractivity contribution in [3.8, 4) is 0 Å². The zero-order valence-electron chi connectivity index (χ0n) is 13.6. The van der Waals surface area contributed by atoms with Gasteiger partial charge in [-0.2, -0.15) is 0 Å². The van der Waals surface area contributed by atoms with Crippen LogP contribution < -0.4 is 16.0 Å². The molecular formula is C18H20BrN3O2. The number of amides is 2. The second-order valence-corrected chi connectivity index (χ2v) is 6.53. The first-order chi connectivity index (χ1) is 11.4. The van der Waals surface area contributed by atoms with Crippen molar-refractivity contribution in [3.05, 3.63) is 58.6 Å². The van der Waals surface area contributed by atoms with Crippen LogP contribution in [-0.4, -0.2) is 24.4 Å². The van der Waals surface area contributed by atoms with Crippen molar-refractivity contribution >= 4 is 39.1 Å². The van der Waals surface area contributed by atoms with E-state index in [0.29, 0.717) is 5.56 Å². The Labute approximate surface area is 150 Å². The number of carbonyl (C=O) groups excluding carboxylic acids is 2. The van der Waals surface area contributed by atoms with E-state index in [2.05, 4.69) is 31.9 Å². The van der Waals surface area contributed by atoms with Crippen LogP contribution in [0.3, 0.4) is 0 Å². The van der Waals surface area contributed by atoms with E-state index in [1.165, 1.54) is 0 Å². The summed E-state index contributed by atoms with van der Waals surface area (Å²) in [5.74, 6) is -0.247. The van der Waals surface area contributed by atoms with E-state index in [9.17, 15) is 9.59 Å². The molecule has 2 aromatic rings. The van der Waals surface area contributed by atoms with Gasteiger partial charge >= 0.3 is 0 Å². The molecule has 2 aromatic carbocycles. The fraction of sp³-hybridized carbons (Fsp3) is 0.222. The topological polar surface area (TPSA) is 70.2 Å². The van der Waals surface area contributed by atoms with E-state index < -0.39 is 0 Å². The number of anilines is 2. The molecule has 0 spiro atoms. The Kier molecular flexibility index (Phi) is 6.37. The average Bonchev–Trinajstić information content (AvgIpc) is 2.55. The summed E-state index contributed by atoms with van der Waals surface area (Å²) in [6, 6.07) is 14.5. The summed E-state index contributed by atoms with van der Waals surface area (Å²) < 4.78 is 0.959. The van der Waals surface area contributed by atoms with Crippen molar-refractivity contribution in [2.45, 2.75) is 19.9 Å². The maximum atomic E-state index is 11.9. The minimum atomic E-state index is -0.140. The van der Waals surface area contributed by atoms with E-state index in [1.807, 2.05) is 38.1 Å². The number of rotatable bonds is 6. The summed E-state index contributed by atoms with van der Waals surface area (Å²) >= 11 is 3.35. The average molecular weight is 390 g/mol. The molecule has 2 rings (SSSR count). The molecule has 0 unspecified atom stereocenters. The second-order valence-electron chi connectivity index (χ2n) is 5.61. The van der Waals surface area contributed by atoms with Crippen molar-refractivity contribution < 1.29 is 9.59 Å². The van der Waals surface area contributed by atoms with Gasteiger partial charge in [-0.3, -0.25) is 9.59 Å². The Morgan fingerprint density at radius 3 is 2.12 bits per heavy atom. The number of hydrogen-bond donors (Lipinski definition) is 3. The molecule has 5 nitrogen and oxygen atoms in total. The van der Waals surface area contributed by atoms with E-state index in [1.54, 1.807) is 24.3 Å². The quantitative estimate of drug-likeness (QED) is 0.706. The van der Waals surface area contributed by atoms with Crippen LogP contribution in [0.25, 0.3) is 0 Å². The van der Waals surface area contributed by atoms with Gasteiger partial charge in [0.15, 0.2) is 0 Å². The molecule has 0 fully saturated rings. The lowest BCUT2D eigenvalue weighted by atomic mass is 10.2. The third kappa shape index (κ3) is 5.70. The normalized spacial score (nSPS) is 10.3. The molecule has 0 aliphatic rings. The van der Waals surface area contributed by atoms with E-state index >= 15 is 0 Å². The van der Waals surface area contributed by atoms with Crippen molar-refractivity contribution in [3.63, 3.8) is 0 Å². The summed E-state index contributed by atoms with van der Waals surface area (Å²) in [4.78, 5) is 23.8. The number of nitrogens with one attached hydrogen (secondary N) is 3. The lowest BCUT2D eigenvalue weighted by molar-refractivity contribution is -0.114. The van der Waals surface area contributed by atoms with Crippen LogP contribution in [0.4, 0.5) is 11.4 Å². The smallest absolute Gasteiger partial charge is 0.251 e. The highest BCUT2D eigenvalue weighted by Crippen LogP contribution is 2.14. The van der Waals surface area contributed by atoms with Gasteiger partial charge in [-0.25, -0.2) is 0 Å². The van der Waals surface area contributed by atoms with Gasteiger partial charge in [-0.15, -0.1) is 0 Å². The molecule has 24 heavy (non-hydrogen) atoms. The Morgan fingerprint density at radius 2 is 1.54 bits per heavy atom. The van der Waals surface area contributed by atoms with Gasteiger partial charge < -0.3 is 16.0 Å². The van der Waals surface area contributed by atoms with Crippen molar-refractivity contribution in [2.75, 3.05) is 17.2 Å². The van der Waals surface area contributed by atoms with Gasteiger partial charge in [-0.05, 0) is 62.4 Å². The molecule has 0 aliphatic heterocycles. The lowest BCUT2D eigenvalue weighted by Crippen LogP contribution is -2.30. The van der Waals surface area contributed by atoms with Crippen LogP contribution in [0.5, 0.6) is 0 Å². The van der Waals surface area contributed by atoms with Crippen LogP contribution in [0.2, 0.25) is 0 Å². The van der Waals surface area contributed by atoms with Crippen molar-refractivity contribution in [1.82, 2.24) is 5.32 Å². The van der Waals surface area contributed by atoms with Crippen molar-refractivity contribution in [1.29, 1.82) is 0 Å². The first-order valence-electron chi connectivity index (χ1n) is 7.64. The third-order valence-electron chi connectivity index (χ3n) is 3.15. The van der Waals surface area contributed by atoms with Crippen molar-refractivity contribution in [2.24, 2.45) is 0 Å². The predicted molar refractivity (Wildman–Crippen MR) is 100 cm³/mol. The molecule has 3 N–H and O–H groups in total. The molecule has 0 radical (unpaired) electrons. The number of hydrogen-bond acceptors (Lipinski definition) is 3. The molecule has 0 saturated heterocycles. The Bertz CT molecular complexity index is 697. The minimum absolute atomic E-state index is 0.0950. The molecule has 0 aliphatic carbocycles. The summed E-state index contributed by atoms with van der Waals surface area (Å²) in [5.41, 5.74) is 2.11. The van der Waals surface area contributed by atoms with Crippen LogP contribution in [0.15, 0.2) is 53.0 Å². The largest absolute Gasteiger partial charge is 0.376 e. The minimum Gasteiger partial charge on any atom is -0.376 e. The summed E-state index contributed by atoms with van der Waals surface area (Å²) in [7, 11) is 0. The number of carbonyl (C=O) groups is 2. The van der Waals surface area contributed by atoms with Gasteiger partial charge in [0.2, 0.25) is 5.91 Å². The molecular weight excluding hydrogens is 370 g/mol. The van der Waals surface area contributed by atoms with Crippen LogP contribution >= 0.6 is 15.9 Å². The molecule has 0 heterocycles. The van der Waals surface area contributed by atoms with Gasteiger partial charge in [-0.1, -0.05) is 15.9 Å². The van der Waals surface area contributed by atoms with Crippen LogP contribution in [0, 0.1) is 0 Å². The van der Waals surface area contributed by atoms with E-state index in [4.69, 9.17) is 0 Å². The standard InChI is InChI=1S/C18H20BrN3O2/c1-12(2)21-18(24)13-3-7-15(8-4-13)20-11-17(23)22-16-9-5-14(19)6-10-16/h3-10,12,20H,11H2,1-2H3,(H,21,24)(H,22,23). The molecule has 6 heteroatoms. The number of halogens is 1. The molecule has 0 saturated carbocycles. The fourth-order valence-corrected chi connectivity index (χ4v) is 2.27. The molecule has 0 aromatic heterocycles. The van der Waals surface area contributed by atoms with Gasteiger partial charge in [0, 0.05) is 27.5 Å². The lowest BCUT2D eigenvalue weighted by Gasteiger charge is -2.10. The zero-order chi connectivity index (χ0) is 17.5. The van der Waals surface area contributed by atoms with Crippen LogP contribution in [-0.2, 0) is 4.79 Å². The highest BCUT2D eigenvalue weighted by Gasteiger charge is 2.07. The molecule has 2 amide bonds. The van der Waals surface area contributed by atoms with Gasteiger partial charge in [0.25, 0.3) is 5.91 Å². The van der Waals surface area contributed by atoms with E-state index in [-0.39, 0.29) is 24.4 Å². The van der Waals surface area contributed by atoms with Gasteiger partial charge in [0.1, 0.15) is 0 Å². The summed E-state index contributed by atoms with van der Waals surface area (Å²) in [6.07, 6.45) is 0. The Morgan fingerprint density at radius 1 is 0.958 bits per heavy atom. The third-order valence-corrected chi connectivity index (χ3v) is 3.68. The first-order valence-corrected chi connectivity index (χ1v) is 8.43. The Balaban J connectivity index is 1.84.